The van der Waals surface area contributed by atoms with Crippen molar-refractivity contribution in [2.75, 3.05) is 13.1 Å². The van der Waals surface area contributed by atoms with E-state index >= 15 is 0 Å². The van der Waals surface area contributed by atoms with E-state index in [-0.39, 0.29) is 11.8 Å². The lowest BCUT2D eigenvalue weighted by molar-refractivity contribution is -0.132. The average Bonchev–Trinajstić information content (AvgIpc) is 2.82. The quantitative estimate of drug-likeness (QED) is 0.751. The van der Waals surface area contributed by atoms with Crippen molar-refractivity contribution in [3.05, 3.63) is 22.4 Å². The summed E-state index contributed by atoms with van der Waals surface area (Å²) in [5, 5.41) is 1.98. The molecule has 0 radical (unpaired) electrons. The Balaban J connectivity index is 1.91. The van der Waals surface area contributed by atoms with Crippen LogP contribution < -0.4 is 0 Å². The summed E-state index contributed by atoms with van der Waals surface area (Å²) < 4.78 is 0. The Kier molecular flexibility index (Phi) is 3.72. The highest BCUT2D eigenvalue weighted by molar-refractivity contribution is 7.10. The molecule has 4 heteroatoms. The lowest BCUT2D eigenvalue weighted by atomic mass is 9.99. The van der Waals surface area contributed by atoms with E-state index in [0.29, 0.717) is 13.0 Å². The monoisotopic (exact) mass is 237 g/mol. The first-order valence-corrected chi connectivity index (χ1v) is 6.43. The van der Waals surface area contributed by atoms with Crippen molar-refractivity contribution < 1.29 is 9.59 Å². The molecule has 1 aliphatic rings. The minimum absolute atomic E-state index is 0.0426. The molecule has 0 spiro atoms. The van der Waals surface area contributed by atoms with E-state index < -0.39 is 0 Å². The van der Waals surface area contributed by atoms with Crippen LogP contribution in [-0.4, -0.2) is 30.2 Å². The summed E-state index contributed by atoms with van der Waals surface area (Å²) in [7, 11) is 0. The van der Waals surface area contributed by atoms with Crippen LogP contribution in [-0.2, 0) is 16.0 Å². The van der Waals surface area contributed by atoms with Gasteiger partial charge in [0.05, 0.1) is 6.42 Å². The van der Waals surface area contributed by atoms with Crippen molar-refractivity contribution >= 4 is 23.5 Å². The van der Waals surface area contributed by atoms with Gasteiger partial charge < -0.3 is 9.69 Å². The first kappa shape index (κ1) is 11.3. The third kappa shape index (κ3) is 2.70. The van der Waals surface area contributed by atoms with Crippen LogP contribution in [0.4, 0.5) is 0 Å². The molecule has 1 unspecified atom stereocenters. The van der Waals surface area contributed by atoms with Gasteiger partial charge in [-0.25, -0.2) is 0 Å². The third-order valence-electron chi connectivity index (χ3n) is 2.91. The van der Waals surface area contributed by atoms with Crippen molar-refractivity contribution in [3.8, 4) is 0 Å². The van der Waals surface area contributed by atoms with Gasteiger partial charge in [0.2, 0.25) is 5.91 Å². The smallest absolute Gasteiger partial charge is 0.227 e. The maximum atomic E-state index is 11.9. The van der Waals surface area contributed by atoms with Gasteiger partial charge in [-0.05, 0) is 24.3 Å². The number of aldehydes is 1. The van der Waals surface area contributed by atoms with Crippen LogP contribution in [0.1, 0.15) is 17.7 Å². The summed E-state index contributed by atoms with van der Waals surface area (Å²) in [4.78, 5) is 25.6. The van der Waals surface area contributed by atoms with E-state index in [0.717, 1.165) is 30.5 Å². The molecule has 0 aromatic carbocycles. The first-order chi connectivity index (χ1) is 7.79. The van der Waals surface area contributed by atoms with Crippen molar-refractivity contribution in [1.82, 2.24) is 4.90 Å². The summed E-state index contributed by atoms with van der Waals surface area (Å²) in [5.74, 6) is 0.190. The standard InChI is InChI=1S/C12H15NO2S/c14-9-10-3-1-5-13(8-10)12(15)7-11-4-2-6-16-11/h2,4,6,9-10H,1,3,5,7-8H2. The largest absolute Gasteiger partial charge is 0.342 e. The topological polar surface area (TPSA) is 37.4 Å². The maximum Gasteiger partial charge on any atom is 0.227 e. The summed E-state index contributed by atoms with van der Waals surface area (Å²) >= 11 is 1.60. The zero-order valence-corrected chi connectivity index (χ0v) is 9.91. The minimum atomic E-state index is 0.0426. The molecule has 1 fully saturated rings. The Bertz CT molecular complexity index is 361. The van der Waals surface area contributed by atoms with E-state index in [4.69, 9.17) is 0 Å². The highest BCUT2D eigenvalue weighted by Crippen LogP contribution is 2.17. The van der Waals surface area contributed by atoms with Gasteiger partial charge in [0, 0.05) is 23.9 Å². The average molecular weight is 237 g/mol. The summed E-state index contributed by atoms with van der Waals surface area (Å²) in [6.45, 7) is 1.41. The van der Waals surface area contributed by atoms with Gasteiger partial charge in [-0.15, -0.1) is 11.3 Å². The molecule has 1 aliphatic heterocycles. The van der Waals surface area contributed by atoms with Gasteiger partial charge in [0.15, 0.2) is 0 Å². The van der Waals surface area contributed by atoms with E-state index in [1.807, 2.05) is 22.4 Å². The van der Waals surface area contributed by atoms with Gasteiger partial charge >= 0.3 is 0 Å². The zero-order valence-electron chi connectivity index (χ0n) is 9.09. The van der Waals surface area contributed by atoms with Gasteiger partial charge in [0.1, 0.15) is 6.29 Å². The van der Waals surface area contributed by atoms with Crippen molar-refractivity contribution in [2.45, 2.75) is 19.3 Å². The molecule has 2 heterocycles. The van der Waals surface area contributed by atoms with E-state index in [1.54, 1.807) is 11.3 Å². The second kappa shape index (κ2) is 5.25. The van der Waals surface area contributed by atoms with Crippen molar-refractivity contribution in [3.63, 3.8) is 0 Å². The molecule has 1 aromatic rings. The molecular weight excluding hydrogens is 222 g/mol. The molecule has 2 rings (SSSR count). The Labute approximate surface area is 99.1 Å². The lowest BCUT2D eigenvalue weighted by Crippen LogP contribution is -2.41. The van der Waals surface area contributed by atoms with Crippen LogP contribution in [0.15, 0.2) is 17.5 Å². The summed E-state index contributed by atoms with van der Waals surface area (Å²) in [6.07, 6.45) is 3.32. The van der Waals surface area contributed by atoms with E-state index in [2.05, 4.69) is 0 Å². The zero-order chi connectivity index (χ0) is 11.4. The Hall–Kier alpha value is -1.16. The number of piperidine rings is 1. The van der Waals surface area contributed by atoms with Gasteiger partial charge in [0.25, 0.3) is 0 Å². The molecule has 0 N–H and O–H groups in total. The van der Waals surface area contributed by atoms with Gasteiger partial charge in [-0.1, -0.05) is 6.07 Å². The molecular formula is C12H15NO2S. The van der Waals surface area contributed by atoms with E-state index in [9.17, 15) is 9.59 Å². The molecule has 1 saturated heterocycles. The van der Waals surface area contributed by atoms with Crippen LogP contribution in [0.2, 0.25) is 0 Å². The molecule has 0 aliphatic carbocycles. The number of hydrogen-bond donors (Lipinski definition) is 0. The molecule has 16 heavy (non-hydrogen) atoms. The second-order valence-corrected chi connectivity index (χ2v) is 5.17. The number of likely N-dealkylation sites (tertiary alicyclic amines) is 1. The fourth-order valence-electron chi connectivity index (χ4n) is 2.02. The second-order valence-electron chi connectivity index (χ2n) is 4.13. The van der Waals surface area contributed by atoms with E-state index in [1.165, 1.54) is 0 Å². The highest BCUT2D eigenvalue weighted by Gasteiger charge is 2.23. The van der Waals surface area contributed by atoms with Crippen LogP contribution in [0, 0.1) is 5.92 Å². The number of carbonyl (C=O) groups excluding carboxylic acids is 2. The molecule has 1 aromatic heterocycles. The SMILES string of the molecule is O=CC1CCCN(C(=O)Cc2cccs2)C1. The predicted molar refractivity (Wildman–Crippen MR) is 63.4 cm³/mol. The number of hydrogen-bond acceptors (Lipinski definition) is 3. The van der Waals surface area contributed by atoms with Gasteiger partial charge in [-0.3, -0.25) is 4.79 Å². The Morgan fingerprint density at radius 3 is 3.19 bits per heavy atom. The predicted octanol–water partition coefficient (Wildman–Crippen LogP) is 1.73. The van der Waals surface area contributed by atoms with Gasteiger partial charge in [-0.2, -0.15) is 0 Å². The molecule has 86 valence electrons. The molecule has 0 saturated carbocycles. The normalized spacial score (nSPS) is 20.8. The Morgan fingerprint density at radius 1 is 1.62 bits per heavy atom. The van der Waals surface area contributed by atoms with Crippen LogP contribution in [0.25, 0.3) is 0 Å². The summed E-state index contributed by atoms with van der Waals surface area (Å²) in [6, 6.07) is 3.93. The number of nitrogens with zero attached hydrogens (tertiary/aromatic N) is 1. The van der Waals surface area contributed by atoms with Crippen LogP contribution in [0.5, 0.6) is 0 Å². The number of carbonyl (C=O) groups is 2. The number of thiophene rings is 1. The van der Waals surface area contributed by atoms with Crippen molar-refractivity contribution in [2.24, 2.45) is 5.92 Å². The molecule has 3 nitrogen and oxygen atoms in total. The van der Waals surface area contributed by atoms with Crippen molar-refractivity contribution in [1.29, 1.82) is 0 Å². The summed E-state index contributed by atoms with van der Waals surface area (Å²) in [5.41, 5.74) is 0. The fraction of sp³-hybridized carbons (Fsp3) is 0.500. The first-order valence-electron chi connectivity index (χ1n) is 5.55. The highest BCUT2D eigenvalue weighted by atomic mass is 32.1. The fourth-order valence-corrected chi connectivity index (χ4v) is 2.72. The van der Waals surface area contributed by atoms with Crippen LogP contribution in [0.3, 0.4) is 0 Å². The molecule has 1 atom stereocenters. The lowest BCUT2D eigenvalue weighted by Gasteiger charge is -2.30. The number of rotatable bonds is 3. The van der Waals surface area contributed by atoms with Crippen LogP contribution >= 0.6 is 11.3 Å². The molecule has 0 bridgehead atoms. The number of amides is 1. The Morgan fingerprint density at radius 2 is 2.50 bits per heavy atom. The maximum absolute atomic E-state index is 11.9. The molecule has 1 amide bonds. The minimum Gasteiger partial charge on any atom is -0.342 e. The third-order valence-corrected chi connectivity index (χ3v) is 3.78.